The van der Waals surface area contributed by atoms with Crippen molar-refractivity contribution in [1.82, 2.24) is 9.80 Å². The molecule has 0 aliphatic carbocycles. The second-order valence-corrected chi connectivity index (χ2v) is 15.4. The summed E-state index contributed by atoms with van der Waals surface area (Å²) in [6.07, 6.45) is 2.85. The fourth-order valence-electron chi connectivity index (χ4n) is 8.47. The van der Waals surface area contributed by atoms with Gasteiger partial charge in [-0.15, -0.1) is 0 Å². The molecule has 10 heteroatoms. The number of allylic oxidation sites excluding steroid dienone is 1. The lowest BCUT2D eigenvalue weighted by molar-refractivity contribution is -0.120. The van der Waals surface area contributed by atoms with Crippen LogP contribution in [-0.2, 0) is 9.59 Å². The maximum Gasteiger partial charge on any atom is 0.262 e. The second-order valence-electron chi connectivity index (χ2n) is 15.4. The summed E-state index contributed by atoms with van der Waals surface area (Å²) >= 11 is 0. The van der Waals surface area contributed by atoms with Gasteiger partial charge in [0.05, 0.1) is 33.5 Å². The topological polar surface area (TPSA) is 115 Å². The summed E-state index contributed by atoms with van der Waals surface area (Å²) in [7, 11) is 0. The van der Waals surface area contributed by atoms with E-state index in [0.29, 0.717) is 28.2 Å². The Morgan fingerprint density at radius 2 is 0.963 bits per heavy atom. The predicted octanol–water partition coefficient (Wildman–Crippen LogP) is 7.11. The number of imide groups is 2. The van der Waals surface area contributed by atoms with Crippen LogP contribution in [0.15, 0.2) is 103 Å². The molecule has 1 atom stereocenters. The van der Waals surface area contributed by atoms with Crippen LogP contribution < -0.4 is 9.80 Å². The van der Waals surface area contributed by atoms with E-state index >= 15 is 0 Å². The number of rotatable bonds is 4. The van der Waals surface area contributed by atoms with Gasteiger partial charge in [-0.1, -0.05) is 73.7 Å². The Morgan fingerprint density at radius 1 is 0.574 bits per heavy atom. The highest BCUT2D eigenvalue weighted by atomic mass is 16.2. The molecule has 4 aliphatic rings. The third-order valence-corrected chi connectivity index (χ3v) is 10.7. The highest BCUT2D eigenvalue weighted by Crippen LogP contribution is 2.43. The Kier molecular flexibility index (Phi) is 8.96. The van der Waals surface area contributed by atoms with E-state index in [1.54, 1.807) is 58.3 Å². The van der Waals surface area contributed by atoms with Crippen molar-refractivity contribution in [2.75, 3.05) is 22.9 Å². The van der Waals surface area contributed by atoms with Gasteiger partial charge in [0.15, 0.2) is 0 Å². The lowest BCUT2D eigenvalue weighted by Crippen LogP contribution is -2.55. The van der Waals surface area contributed by atoms with Gasteiger partial charge in [-0.3, -0.25) is 38.6 Å². The molecule has 54 heavy (non-hydrogen) atoms. The SMILES string of the molecule is CC1=CC(C)(C)N(C(=O)CN2C(=O)c3ccccc3C2=O)c2ccccc21.CC1CC(C)(C)N(C(=O)CN2C(=O)c3ccccc3C2=O)c2ccccc21. The molecule has 4 heterocycles. The first-order valence-electron chi connectivity index (χ1n) is 18.1. The predicted molar refractivity (Wildman–Crippen MR) is 206 cm³/mol. The molecule has 10 nitrogen and oxygen atoms in total. The monoisotopic (exact) mass is 722 g/mol. The molecule has 274 valence electrons. The van der Waals surface area contributed by atoms with Crippen molar-refractivity contribution >= 4 is 52.4 Å². The van der Waals surface area contributed by atoms with Crippen molar-refractivity contribution < 1.29 is 28.8 Å². The van der Waals surface area contributed by atoms with Crippen molar-refractivity contribution in [3.8, 4) is 0 Å². The quantitative estimate of drug-likeness (QED) is 0.208. The molecule has 0 N–H and O–H groups in total. The Labute approximate surface area is 314 Å². The summed E-state index contributed by atoms with van der Waals surface area (Å²) in [6, 6.07) is 28.9. The molecular formula is C44H42N4O6. The number of nitrogens with zero attached hydrogens (tertiary/aromatic N) is 4. The third kappa shape index (κ3) is 6.01. The number of para-hydroxylation sites is 2. The summed E-state index contributed by atoms with van der Waals surface area (Å²) in [5, 5.41) is 0. The number of benzene rings is 4. The van der Waals surface area contributed by atoms with Gasteiger partial charge in [0.25, 0.3) is 23.6 Å². The van der Waals surface area contributed by atoms with Crippen molar-refractivity contribution in [3.05, 3.63) is 137 Å². The van der Waals surface area contributed by atoms with Crippen molar-refractivity contribution in [2.45, 2.75) is 65.0 Å². The van der Waals surface area contributed by atoms with Gasteiger partial charge in [-0.2, -0.15) is 0 Å². The normalized spacial score (nSPS) is 19.0. The molecule has 4 aromatic carbocycles. The van der Waals surface area contributed by atoms with Gasteiger partial charge in [0.1, 0.15) is 13.1 Å². The van der Waals surface area contributed by atoms with Crippen LogP contribution in [0.5, 0.6) is 0 Å². The van der Waals surface area contributed by atoms with E-state index in [4.69, 9.17) is 0 Å². The minimum Gasteiger partial charge on any atom is -0.305 e. The van der Waals surface area contributed by atoms with Crippen LogP contribution in [0.2, 0.25) is 0 Å². The van der Waals surface area contributed by atoms with E-state index in [9.17, 15) is 28.8 Å². The van der Waals surface area contributed by atoms with Gasteiger partial charge in [0.2, 0.25) is 11.8 Å². The molecule has 8 rings (SSSR count). The summed E-state index contributed by atoms with van der Waals surface area (Å²) < 4.78 is 0. The van der Waals surface area contributed by atoms with E-state index in [1.807, 2.05) is 89.2 Å². The Balaban J connectivity index is 0.000000167. The molecule has 0 spiro atoms. The van der Waals surface area contributed by atoms with Crippen molar-refractivity contribution in [1.29, 1.82) is 0 Å². The van der Waals surface area contributed by atoms with Gasteiger partial charge < -0.3 is 9.80 Å². The van der Waals surface area contributed by atoms with Crippen LogP contribution in [0.1, 0.15) is 106 Å². The van der Waals surface area contributed by atoms with Crippen LogP contribution >= 0.6 is 0 Å². The summed E-state index contributed by atoms with van der Waals surface area (Å²) in [4.78, 5) is 82.5. The maximum atomic E-state index is 13.3. The highest BCUT2D eigenvalue weighted by Gasteiger charge is 2.44. The highest BCUT2D eigenvalue weighted by molar-refractivity contribution is 6.24. The molecule has 0 saturated heterocycles. The minimum atomic E-state index is -0.561. The lowest BCUT2D eigenvalue weighted by Gasteiger charge is -2.46. The maximum absolute atomic E-state index is 13.3. The van der Waals surface area contributed by atoms with Crippen molar-refractivity contribution in [3.63, 3.8) is 0 Å². The number of anilines is 2. The van der Waals surface area contributed by atoms with Crippen LogP contribution in [0, 0.1) is 0 Å². The summed E-state index contributed by atoms with van der Waals surface area (Å²) in [5.74, 6) is -1.84. The smallest absolute Gasteiger partial charge is 0.262 e. The summed E-state index contributed by atoms with van der Waals surface area (Å²) in [5.41, 5.74) is 5.32. The Morgan fingerprint density at radius 3 is 1.44 bits per heavy atom. The van der Waals surface area contributed by atoms with Gasteiger partial charge in [-0.25, -0.2) is 0 Å². The molecule has 6 amide bonds. The first-order chi connectivity index (χ1) is 25.6. The number of hydrogen-bond donors (Lipinski definition) is 0. The summed E-state index contributed by atoms with van der Waals surface area (Å²) in [6.45, 7) is 11.6. The average molecular weight is 723 g/mol. The van der Waals surface area contributed by atoms with Crippen LogP contribution in [-0.4, -0.2) is 69.4 Å². The first-order valence-corrected chi connectivity index (χ1v) is 18.1. The zero-order valence-corrected chi connectivity index (χ0v) is 31.3. The molecule has 4 aliphatic heterocycles. The molecule has 4 aromatic rings. The Hall–Kier alpha value is -6.16. The third-order valence-electron chi connectivity index (χ3n) is 10.7. The number of carbonyl (C=O) groups excluding carboxylic acids is 6. The molecule has 1 unspecified atom stereocenters. The number of amides is 6. The van der Waals surface area contributed by atoms with Gasteiger partial charge in [-0.05, 0) is 94.5 Å². The first kappa shape index (κ1) is 36.2. The van der Waals surface area contributed by atoms with E-state index in [0.717, 1.165) is 44.3 Å². The van der Waals surface area contributed by atoms with E-state index in [-0.39, 0.29) is 24.9 Å². The molecule has 0 saturated carbocycles. The van der Waals surface area contributed by atoms with Crippen LogP contribution in [0.4, 0.5) is 11.4 Å². The average Bonchev–Trinajstić information content (AvgIpc) is 3.51. The van der Waals surface area contributed by atoms with E-state index in [1.165, 1.54) is 0 Å². The molecule has 0 fully saturated rings. The van der Waals surface area contributed by atoms with Crippen LogP contribution in [0.25, 0.3) is 5.57 Å². The lowest BCUT2D eigenvalue weighted by atomic mass is 9.80. The Bertz CT molecular complexity index is 2240. The van der Waals surface area contributed by atoms with E-state index in [2.05, 4.69) is 6.92 Å². The number of fused-ring (bicyclic) bond motifs is 4. The fraction of sp³-hybridized carbons (Fsp3) is 0.273. The second kappa shape index (κ2) is 13.4. The van der Waals surface area contributed by atoms with Crippen LogP contribution in [0.3, 0.4) is 0 Å². The zero-order chi connectivity index (χ0) is 38.7. The number of hydrogen-bond acceptors (Lipinski definition) is 6. The number of carbonyl (C=O) groups is 6. The largest absolute Gasteiger partial charge is 0.305 e. The van der Waals surface area contributed by atoms with E-state index < -0.39 is 34.7 Å². The zero-order valence-electron chi connectivity index (χ0n) is 31.3. The molecule has 0 radical (unpaired) electrons. The molecular weight excluding hydrogens is 681 g/mol. The molecule has 0 bridgehead atoms. The molecule has 0 aromatic heterocycles. The minimum absolute atomic E-state index is 0.242. The van der Waals surface area contributed by atoms with Gasteiger partial charge in [0, 0.05) is 16.8 Å². The fourth-order valence-corrected chi connectivity index (χ4v) is 8.47. The van der Waals surface area contributed by atoms with Gasteiger partial charge >= 0.3 is 0 Å². The standard InChI is InChI=1S/C22H22N2O3.C22H20N2O3/c2*1-14-12-22(2,3)24(18-11-7-6-8-15(14)18)19(25)13-23-20(26)16-9-4-5-10-17(16)21(23)27/h4-11,14H,12-13H2,1-3H3;4-12H,13H2,1-3H3. The van der Waals surface area contributed by atoms with Crippen molar-refractivity contribution in [2.24, 2.45) is 0 Å².